The molecule has 0 spiro atoms. The maximum atomic E-state index is 14.0. The lowest BCUT2D eigenvalue weighted by Gasteiger charge is -2.61. The van der Waals surface area contributed by atoms with Crippen LogP contribution in [0.3, 0.4) is 0 Å². The van der Waals surface area contributed by atoms with Crippen LogP contribution in [0.5, 0.6) is 5.75 Å². The molecule has 4 saturated carbocycles. The van der Waals surface area contributed by atoms with Gasteiger partial charge in [-0.25, -0.2) is 4.98 Å². The number of amides is 1. The minimum atomic E-state index is -4.74. The van der Waals surface area contributed by atoms with Gasteiger partial charge in [0.15, 0.2) is 0 Å². The molecular formula is C35H42F3N7O3. The van der Waals surface area contributed by atoms with E-state index in [1.165, 1.54) is 26.0 Å². The third-order valence-corrected chi connectivity index (χ3v) is 10.8. The zero-order valence-corrected chi connectivity index (χ0v) is 27.4. The van der Waals surface area contributed by atoms with Crippen LogP contribution in [0.15, 0.2) is 42.6 Å². The van der Waals surface area contributed by atoms with E-state index in [1.54, 1.807) is 26.2 Å². The van der Waals surface area contributed by atoms with Gasteiger partial charge in [0, 0.05) is 57.2 Å². The number of carbonyl (C=O) groups excluding carboxylic acids is 1. The Hall–Kier alpha value is -4.10. The highest BCUT2D eigenvalue weighted by atomic mass is 19.4. The Balaban J connectivity index is 1.07. The number of nitrogens with one attached hydrogen (secondary N) is 3. The summed E-state index contributed by atoms with van der Waals surface area (Å²) in [5.41, 5.74) is 0.981. The summed E-state index contributed by atoms with van der Waals surface area (Å²) in [5, 5.41) is 19.3. The second-order valence-corrected chi connectivity index (χ2v) is 13.9. The lowest BCUT2D eigenvalue weighted by Crippen LogP contribution is -2.64. The number of piperazine rings is 1. The lowest BCUT2D eigenvalue weighted by atomic mass is 9.52. The Morgan fingerprint density at radius 3 is 2.42 bits per heavy atom. The second-order valence-electron chi connectivity index (χ2n) is 13.9. The summed E-state index contributed by atoms with van der Waals surface area (Å²) >= 11 is 0. The SMILES string of the molecule is CNC(=O)c1cccc(C)c1Nc1nc(Nc2ccc(N3CCN(C4C5CC6CC4CC(O)(C6)C5)CC3)cc2OC)ncc1C(F)(F)F. The number of rotatable bonds is 8. The summed E-state index contributed by atoms with van der Waals surface area (Å²) < 4.78 is 47.8. The Bertz CT molecular complexity index is 1680. The zero-order chi connectivity index (χ0) is 33.8. The number of ether oxygens (including phenoxy) is 1. The maximum Gasteiger partial charge on any atom is 0.421 e. The molecule has 0 radical (unpaired) electrons. The monoisotopic (exact) mass is 665 g/mol. The Morgan fingerprint density at radius 1 is 1.04 bits per heavy atom. The van der Waals surface area contributed by atoms with Crippen molar-refractivity contribution in [1.82, 2.24) is 20.2 Å². The highest BCUT2D eigenvalue weighted by Gasteiger charge is 2.56. The topological polar surface area (TPSA) is 115 Å². The molecule has 5 aliphatic rings. The van der Waals surface area contributed by atoms with Gasteiger partial charge >= 0.3 is 6.18 Å². The number of hydrogen-bond acceptors (Lipinski definition) is 9. The third kappa shape index (κ3) is 6.13. The number of aromatic nitrogens is 2. The van der Waals surface area contributed by atoms with Gasteiger partial charge in [-0.15, -0.1) is 0 Å². The number of benzene rings is 2. The molecule has 1 saturated heterocycles. The van der Waals surface area contributed by atoms with Crippen molar-refractivity contribution < 1.29 is 27.8 Å². The molecule has 256 valence electrons. The smallest absolute Gasteiger partial charge is 0.421 e. The number of methoxy groups -OCH3 is 1. The summed E-state index contributed by atoms with van der Waals surface area (Å²) in [6.07, 6.45) is 1.36. The van der Waals surface area contributed by atoms with E-state index >= 15 is 0 Å². The molecule has 1 aromatic heterocycles. The van der Waals surface area contributed by atoms with Crippen LogP contribution in [-0.2, 0) is 6.18 Å². The summed E-state index contributed by atoms with van der Waals surface area (Å²) in [6, 6.07) is 11.2. The van der Waals surface area contributed by atoms with Crippen molar-refractivity contribution in [1.29, 1.82) is 0 Å². The molecule has 10 nitrogen and oxygen atoms in total. The Kier molecular flexibility index (Phi) is 8.39. The minimum Gasteiger partial charge on any atom is -0.494 e. The number of halogens is 3. The number of hydrogen-bond donors (Lipinski definition) is 4. The van der Waals surface area contributed by atoms with Gasteiger partial charge in [-0.3, -0.25) is 9.69 Å². The van der Waals surface area contributed by atoms with Gasteiger partial charge in [-0.1, -0.05) is 12.1 Å². The molecule has 2 unspecified atom stereocenters. The van der Waals surface area contributed by atoms with Crippen LogP contribution in [0.25, 0.3) is 0 Å². The highest BCUT2D eigenvalue weighted by molar-refractivity contribution is 6.00. The van der Waals surface area contributed by atoms with E-state index in [0.717, 1.165) is 57.3 Å². The molecule has 2 aromatic carbocycles. The number of carbonyl (C=O) groups is 1. The summed E-state index contributed by atoms with van der Waals surface area (Å²) in [6.45, 7) is 5.35. The van der Waals surface area contributed by atoms with Crippen molar-refractivity contribution in [3.63, 3.8) is 0 Å². The average Bonchev–Trinajstić information content (AvgIpc) is 3.04. The molecule has 1 aliphatic heterocycles. The average molecular weight is 666 g/mol. The third-order valence-electron chi connectivity index (χ3n) is 10.8. The Labute approximate surface area is 278 Å². The van der Waals surface area contributed by atoms with Gasteiger partial charge in [-0.05, 0) is 80.5 Å². The summed E-state index contributed by atoms with van der Waals surface area (Å²) in [7, 11) is 3.00. The van der Waals surface area contributed by atoms with Gasteiger partial charge in [0.1, 0.15) is 17.1 Å². The first-order valence-corrected chi connectivity index (χ1v) is 16.6. The van der Waals surface area contributed by atoms with Crippen LogP contribution in [0, 0.1) is 24.7 Å². The van der Waals surface area contributed by atoms with Crippen LogP contribution >= 0.6 is 0 Å². The highest BCUT2D eigenvalue weighted by Crippen LogP contribution is 2.57. The van der Waals surface area contributed by atoms with Crippen LogP contribution in [0.2, 0.25) is 0 Å². The lowest BCUT2D eigenvalue weighted by molar-refractivity contribution is -0.160. The number of anilines is 5. The summed E-state index contributed by atoms with van der Waals surface area (Å²) in [4.78, 5) is 25.6. The van der Waals surface area contributed by atoms with Crippen LogP contribution in [-0.4, -0.2) is 77.9 Å². The standard InChI is InChI=1S/C35H42F3N7O3/c1-20-5-4-6-25(32(46)39-2)29(20)42-31-26(35(36,37)38)19-40-33(43-31)41-27-8-7-24(15-28(27)48-3)44-9-11-45(12-10-44)30-22-13-21-14-23(30)18-34(47,16-21)17-22/h4-8,15,19,21-23,30,47H,9-14,16-18H2,1-3H3,(H,39,46)(H2,40,41,42,43). The first-order valence-electron chi connectivity index (χ1n) is 16.6. The summed E-state index contributed by atoms with van der Waals surface area (Å²) in [5.74, 6) is 1.38. The maximum absolute atomic E-state index is 14.0. The predicted octanol–water partition coefficient (Wildman–Crippen LogP) is 5.72. The van der Waals surface area contributed by atoms with E-state index in [-0.39, 0.29) is 17.2 Å². The molecule has 2 atom stereocenters. The molecule has 5 fully saturated rings. The van der Waals surface area contributed by atoms with Gasteiger partial charge < -0.3 is 30.7 Å². The number of para-hydroxylation sites is 1. The molecule has 4 aliphatic carbocycles. The normalized spacial score (nSPS) is 26.8. The number of nitrogens with zero attached hydrogens (tertiary/aromatic N) is 4. The predicted molar refractivity (Wildman–Crippen MR) is 177 cm³/mol. The second kappa shape index (κ2) is 12.4. The van der Waals surface area contributed by atoms with E-state index in [1.807, 2.05) is 18.2 Å². The van der Waals surface area contributed by atoms with E-state index in [0.29, 0.717) is 40.8 Å². The van der Waals surface area contributed by atoms with Crippen molar-refractivity contribution in [3.8, 4) is 5.75 Å². The minimum absolute atomic E-state index is 0.0689. The molecule has 4 N–H and O–H groups in total. The largest absolute Gasteiger partial charge is 0.494 e. The van der Waals surface area contributed by atoms with E-state index in [9.17, 15) is 23.1 Å². The zero-order valence-electron chi connectivity index (χ0n) is 27.4. The number of aliphatic hydroxyl groups is 1. The van der Waals surface area contributed by atoms with Crippen LogP contribution in [0.4, 0.5) is 42.0 Å². The fourth-order valence-electron chi connectivity index (χ4n) is 8.95. The van der Waals surface area contributed by atoms with Crippen molar-refractivity contribution in [2.24, 2.45) is 17.8 Å². The first kappa shape index (κ1) is 32.4. The first-order chi connectivity index (χ1) is 22.9. The van der Waals surface area contributed by atoms with Gasteiger partial charge in [0.2, 0.25) is 5.95 Å². The van der Waals surface area contributed by atoms with Crippen LogP contribution in [0.1, 0.15) is 53.6 Å². The molecule has 3 aromatic rings. The van der Waals surface area contributed by atoms with E-state index in [2.05, 4.69) is 35.7 Å². The van der Waals surface area contributed by atoms with E-state index in [4.69, 9.17) is 4.74 Å². The molecule has 48 heavy (non-hydrogen) atoms. The number of alkyl halides is 3. The molecule has 1 amide bonds. The fraction of sp³-hybridized carbons (Fsp3) is 0.514. The molecule has 13 heteroatoms. The molecule has 2 heterocycles. The van der Waals surface area contributed by atoms with Crippen molar-refractivity contribution in [2.45, 2.75) is 56.8 Å². The van der Waals surface area contributed by atoms with Crippen molar-refractivity contribution in [3.05, 3.63) is 59.3 Å². The van der Waals surface area contributed by atoms with Gasteiger partial charge in [0.05, 0.1) is 29.6 Å². The van der Waals surface area contributed by atoms with E-state index < -0.39 is 29.1 Å². The molecular weight excluding hydrogens is 623 g/mol. The van der Waals surface area contributed by atoms with Crippen LogP contribution < -0.4 is 25.6 Å². The molecule has 8 rings (SSSR count). The van der Waals surface area contributed by atoms with Crippen molar-refractivity contribution >= 4 is 34.7 Å². The van der Waals surface area contributed by atoms with Gasteiger partial charge in [-0.2, -0.15) is 18.2 Å². The molecule has 4 bridgehead atoms. The Morgan fingerprint density at radius 2 is 1.77 bits per heavy atom. The van der Waals surface area contributed by atoms with Gasteiger partial charge in [0.25, 0.3) is 5.91 Å². The fourth-order valence-corrected chi connectivity index (χ4v) is 8.95. The van der Waals surface area contributed by atoms with Crippen molar-refractivity contribution in [2.75, 3.05) is 55.9 Å². The number of aryl methyl sites for hydroxylation is 1. The quantitative estimate of drug-likeness (QED) is 0.240.